The molecule has 112 valence electrons. The van der Waals surface area contributed by atoms with Crippen molar-refractivity contribution in [3.63, 3.8) is 0 Å². The van der Waals surface area contributed by atoms with Crippen molar-refractivity contribution in [2.24, 2.45) is 0 Å². The van der Waals surface area contributed by atoms with Crippen molar-refractivity contribution in [3.8, 4) is 0 Å². The van der Waals surface area contributed by atoms with E-state index in [0.717, 1.165) is 0 Å². The standard InChI is InChI=1S/C17H23O2PSi/c1-13(18)20(14(2)19)21-17(15-9-5-3-6-10-15)16-11-7-4-8-12-16/h3-14,17-19H,21H2,1-2H3. The summed E-state index contributed by atoms with van der Waals surface area (Å²) in [5.41, 5.74) is 2.94. The second kappa shape index (κ2) is 7.86. The molecule has 0 amide bonds. The summed E-state index contributed by atoms with van der Waals surface area (Å²) in [5.74, 6) is -0.803. The van der Waals surface area contributed by atoms with Crippen molar-refractivity contribution in [2.45, 2.75) is 31.1 Å². The maximum atomic E-state index is 10.0. The average Bonchev–Trinajstić information content (AvgIpc) is 2.49. The van der Waals surface area contributed by atoms with Crippen LogP contribution in [0.1, 0.15) is 30.5 Å². The molecule has 0 fully saturated rings. The first-order chi connectivity index (χ1) is 10.1. The van der Waals surface area contributed by atoms with Crippen LogP contribution in [0.5, 0.6) is 0 Å². The lowest BCUT2D eigenvalue weighted by Crippen LogP contribution is -2.19. The molecule has 0 aliphatic heterocycles. The molecule has 0 radical (unpaired) electrons. The number of rotatable bonds is 6. The number of aliphatic hydroxyl groups excluding tert-OH is 2. The van der Waals surface area contributed by atoms with Gasteiger partial charge >= 0.3 is 0 Å². The number of hydrogen-bond acceptors (Lipinski definition) is 2. The summed E-state index contributed by atoms with van der Waals surface area (Å²) in [4.78, 5) is 0. The first kappa shape index (κ1) is 16.4. The van der Waals surface area contributed by atoms with Crippen LogP contribution in [0.25, 0.3) is 0 Å². The molecule has 2 atom stereocenters. The maximum Gasteiger partial charge on any atom is 0.0687 e. The van der Waals surface area contributed by atoms with E-state index in [2.05, 4.69) is 48.5 Å². The molecule has 0 saturated carbocycles. The van der Waals surface area contributed by atoms with Crippen molar-refractivity contribution >= 4 is 16.7 Å². The van der Waals surface area contributed by atoms with Crippen LogP contribution in [0.3, 0.4) is 0 Å². The molecule has 2 nitrogen and oxygen atoms in total. The molecule has 0 aliphatic rings. The van der Waals surface area contributed by atoms with Gasteiger partial charge in [0.05, 0.1) is 20.9 Å². The predicted molar refractivity (Wildman–Crippen MR) is 93.6 cm³/mol. The van der Waals surface area contributed by atoms with Crippen molar-refractivity contribution < 1.29 is 10.2 Å². The lowest BCUT2D eigenvalue weighted by molar-refractivity contribution is 0.247. The molecular formula is C17H23O2PSi. The Morgan fingerprint density at radius 2 is 1.14 bits per heavy atom. The van der Waals surface area contributed by atoms with Gasteiger partial charge in [0, 0.05) is 5.54 Å². The van der Waals surface area contributed by atoms with Gasteiger partial charge in [-0.05, 0) is 25.0 Å². The van der Waals surface area contributed by atoms with Crippen LogP contribution in [0.15, 0.2) is 60.7 Å². The van der Waals surface area contributed by atoms with Crippen LogP contribution < -0.4 is 0 Å². The van der Waals surface area contributed by atoms with E-state index in [1.54, 1.807) is 0 Å². The Kier molecular flexibility index (Phi) is 6.13. The Morgan fingerprint density at radius 1 is 0.762 bits per heavy atom. The molecular weight excluding hydrogens is 295 g/mol. The van der Waals surface area contributed by atoms with Gasteiger partial charge in [0.25, 0.3) is 0 Å². The summed E-state index contributed by atoms with van der Waals surface area (Å²) in [6.07, 6.45) is 0. The highest BCUT2D eigenvalue weighted by molar-refractivity contribution is 7.86. The molecule has 2 rings (SSSR count). The lowest BCUT2D eigenvalue weighted by Gasteiger charge is -2.28. The monoisotopic (exact) mass is 318 g/mol. The van der Waals surface area contributed by atoms with Gasteiger partial charge in [0.1, 0.15) is 0 Å². The van der Waals surface area contributed by atoms with Crippen molar-refractivity contribution in [2.75, 3.05) is 0 Å². The summed E-state index contributed by atoms with van der Waals surface area (Å²) < 4.78 is 0. The average molecular weight is 318 g/mol. The highest BCUT2D eigenvalue weighted by Gasteiger charge is 2.26. The minimum absolute atomic E-state index is 0.350. The Bertz CT molecular complexity index is 484. The van der Waals surface area contributed by atoms with Crippen molar-refractivity contribution in [1.29, 1.82) is 0 Å². The number of benzene rings is 2. The molecule has 2 aromatic rings. The van der Waals surface area contributed by atoms with E-state index in [9.17, 15) is 10.2 Å². The molecule has 2 N–H and O–H groups in total. The van der Waals surface area contributed by atoms with Gasteiger partial charge in [0.15, 0.2) is 0 Å². The molecule has 4 heteroatoms. The van der Waals surface area contributed by atoms with E-state index >= 15 is 0 Å². The van der Waals surface area contributed by atoms with Crippen LogP contribution in [-0.2, 0) is 0 Å². The van der Waals surface area contributed by atoms with Gasteiger partial charge in [-0.25, -0.2) is 0 Å². The zero-order valence-electron chi connectivity index (χ0n) is 12.6. The second-order valence-electron chi connectivity index (χ2n) is 5.33. The Morgan fingerprint density at radius 3 is 1.48 bits per heavy atom. The largest absolute Gasteiger partial charge is 0.389 e. The molecule has 0 aliphatic carbocycles. The van der Waals surface area contributed by atoms with Gasteiger partial charge in [-0.2, -0.15) is 0 Å². The minimum atomic E-state index is -0.715. The summed E-state index contributed by atoms with van der Waals surface area (Å²) >= 11 is 0. The van der Waals surface area contributed by atoms with E-state index in [4.69, 9.17) is 0 Å². The Balaban J connectivity index is 2.33. The third kappa shape index (κ3) is 4.49. The molecule has 0 spiro atoms. The first-order valence-corrected chi connectivity index (χ1v) is 11.7. The van der Waals surface area contributed by atoms with E-state index in [1.807, 2.05) is 26.0 Å². The van der Waals surface area contributed by atoms with Crippen molar-refractivity contribution in [1.82, 2.24) is 0 Å². The summed E-state index contributed by atoms with van der Waals surface area (Å²) in [5, 5.41) is 20.1. The molecule has 0 aromatic heterocycles. The van der Waals surface area contributed by atoms with Gasteiger partial charge in [0.2, 0.25) is 0 Å². The van der Waals surface area contributed by atoms with Gasteiger partial charge in [-0.1, -0.05) is 68.1 Å². The van der Waals surface area contributed by atoms with E-state index < -0.39 is 28.3 Å². The summed E-state index contributed by atoms with van der Waals surface area (Å²) in [6.45, 7) is 3.64. The van der Waals surface area contributed by atoms with Crippen molar-refractivity contribution in [3.05, 3.63) is 71.8 Å². The molecule has 0 bridgehead atoms. The molecule has 0 saturated heterocycles. The SMILES string of the molecule is CC(O)P([SiH2]C(c1ccccc1)c1ccccc1)C(C)O. The van der Waals surface area contributed by atoms with Crippen LogP contribution >= 0.6 is 7.47 Å². The minimum Gasteiger partial charge on any atom is -0.389 e. The van der Waals surface area contributed by atoms with Crippen LogP contribution in [-0.4, -0.2) is 31.1 Å². The van der Waals surface area contributed by atoms with Crippen LogP contribution in [0, 0.1) is 0 Å². The maximum absolute atomic E-state index is 10.0. The fourth-order valence-electron chi connectivity index (χ4n) is 2.60. The Hall–Kier alpha value is -0.993. The highest BCUT2D eigenvalue weighted by Crippen LogP contribution is 2.46. The van der Waals surface area contributed by atoms with Crippen LogP contribution in [0.2, 0.25) is 0 Å². The third-order valence-corrected chi connectivity index (χ3v) is 12.9. The lowest BCUT2D eigenvalue weighted by atomic mass is 10.0. The third-order valence-electron chi connectivity index (χ3n) is 3.76. The quantitative estimate of drug-likeness (QED) is 0.635. The molecule has 2 aromatic carbocycles. The smallest absolute Gasteiger partial charge is 0.0687 e. The zero-order valence-corrected chi connectivity index (χ0v) is 14.9. The molecule has 2 unspecified atom stereocenters. The summed E-state index contributed by atoms with van der Waals surface area (Å²) in [6, 6.07) is 20.9. The topological polar surface area (TPSA) is 40.5 Å². The normalized spacial score (nSPS) is 16.2. The van der Waals surface area contributed by atoms with Gasteiger partial charge in [-0.15, -0.1) is 0 Å². The number of hydrogen-bond donors (Lipinski definition) is 2. The Labute approximate surface area is 130 Å². The summed E-state index contributed by atoms with van der Waals surface area (Å²) in [7, 11) is -1.40. The fraction of sp³-hybridized carbons (Fsp3) is 0.294. The zero-order chi connectivity index (χ0) is 15.2. The second-order valence-corrected chi connectivity index (χ2v) is 12.3. The van der Waals surface area contributed by atoms with E-state index in [-0.39, 0.29) is 0 Å². The van der Waals surface area contributed by atoms with Gasteiger partial charge < -0.3 is 10.2 Å². The van der Waals surface area contributed by atoms with Crippen LogP contribution in [0.4, 0.5) is 0 Å². The molecule has 21 heavy (non-hydrogen) atoms. The van der Waals surface area contributed by atoms with Gasteiger partial charge in [-0.3, -0.25) is 0 Å². The van der Waals surface area contributed by atoms with E-state index in [0.29, 0.717) is 5.54 Å². The number of aliphatic hydroxyl groups is 2. The predicted octanol–water partition coefficient (Wildman–Crippen LogP) is 3.02. The highest BCUT2D eigenvalue weighted by atomic mass is 31.4. The first-order valence-electron chi connectivity index (χ1n) is 7.31. The fourth-order valence-corrected chi connectivity index (χ4v) is 9.58. The van der Waals surface area contributed by atoms with E-state index in [1.165, 1.54) is 11.1 Å². The molecule has 0 heterocycles.